The second kappa shape index (κ2) is 7.30. The molecule has 1 heterocycles. The van der Waals surface area contributed by atoms with Crippen LogP contribution in [0.4, 0.5) is 4.39 Å². The number of pyridine rings is 1. The third-order valence-corrected chi connectivity index (χ3v) is 6.41. The molecule has 1 unspecified atom stereocenters. The zero-order valence-corrected chi connectivity index (χ0v) is 15.7. The number of rotatable bonds is 7. The number of hydrogen-bond donors (Lipinski definition) is 1. The summed E-state index contributed by atoms with van der Waals surface area (Å²) in [6.45, 7) is 1.03. The summed E-state index contributed by atoms with van der Waals surface area (Å²) in [7, 11) is -0.679. The Balaban J connectivity index is 1.85. The van der Waals surface area contributed by atoms with Crippen LogP contribution < -0.4 is 10.5 Å². The quantitative estimate of drug-likeness (QED) is 0.758. The van der Waals surface area contributed by atoms with E-state index in [0.717, 1.165) is 27.6 Å². The smallest absolute Gasteiger partial charge is 0.254 e. The molecule has 0 bridgehead atoms. The lowest BCUT2D eigenvalue weighted by Crippen LogP contribution is -3.11. The Morgan fingerprint density at radius 1 is 1.15 bits per heavy atom. The molecule has 8 heteroatoms. The molecule has 1 fully saturated rings. The number of aromatic nitrogens is 1. The van der Waals surface area contributed by atoms with Crippen LogP contribution in [0.15, 0.2) is 52.3 Å². The molecule has 2 aromatic rings. The molecule has 1 aromatic carbocycles. The summed E-state index contributed by atoms with van der Waals surface area (Å²) in [6.07, 6.45) is 3.55. The fraction of sp³-hybridized carbons (Fsp3) is 0.389. The highest BCUT2D eigenvalue weighted by molar-refractivity contribution is 7.89. The van der Waals surface area contributed by atoms with E-state index in [-0.39, 0.29) is 16.3 Å². The molecular weight excluding hydrogens is 357 g/mol. The molecule has 1 aromatic heterocycles. The van der Waals surface area contributed by atoms with Crippen molar-refractivity contribution in [1.82, 2.24) is 8.87 Å². The SMILES string of the molecule is CN(C)S(=O)(=O)c1ccc(=O)n(C[NH+](Cc2ccc(F)cc2)C2CC2)c1. The Bertz CT molecular complexity index is 935. The van der Waals surface area contributed by atoms with Crippen molar-refractivity contribution in [1.29, 1.82) is 0 Å². The normalized spacial score (nSPS) is 16.0. The van der Waals surface area contributed by atoms with E-state index in [0.29, 0.717) is 19.3 Å². The van der Waals surface area contributed by atoms with Crippen LogP contribution in [0, 0.1) is 5.82 Å². The van der Waals surface area contributed by atoms with E-state index in [2.05, 4.69) is 0 Å². The third kappa shape index (κ3) is 4.20. The molecule has 0 amide bonds. The van der Waals surface area contributed by atoms with E-state index < -0.39 is 10.0 Å². The highest BCUT2D eigenvalue weighted by Crippen LogP contribution is 2.16. The van der Waals surface area contributed by atoms with Crippen molar-refractivity contribution in [2.75, 3.05) is 14.1 Å². The Kier molecular flexibility index (Phi) is 5.27. The summed E-state index contributed by atoms with van der Waals surface area (Å²) in [5.41, 5.74) is 0.748. The van der Waals surface area contributed by atoms with Crippen LogP contribution in [-0.2, 0) is 23.2 Å². The van der Waals surface area contributed by atoms with Gasteiger partial charge in [0.1, 0.15) is 12.4 Å². The molecule has 140 valence electrons. The van der Waals surface area contributed by atoms with Gasteiger partial charge in [0, 0.05) is 44.8 Å². The zero-order chi connectivity index (χ0) is 18.9. The average Bonchev–Trinajstić information content (AvgIpc) is 3.42. The maximum absolute atomic E-state index is 13.1. The van der Waals surface area contributed by atoms with Gasteiger partial charge < -0.3 is 4.90 Å². The maximum Gasteiger partial charge on any atom is 0.254 e. The van der Waals surface area contributed by atoms with E-state index in [1.54, 1.807) is 12.1 Å². The van der Waals surface area contributed by atoms with Gasteiger partial charge >= 0.3 is 0 Å². The average molecular weight is 380 g/mol. The van der Waals surface area contributed by atoms with Gasteiger partial charge in [0.05, 0.1) is 10.9 Å². The van der Waals surface area contributed by atoms with Crippen LogP contribution in [0.5, 0.6) is 0 Å². The number of nitrogens with one attached hydrogen (secondary N) is 1. The summed E-state index contributed by atoms with van der Waals surface area (Å²) >= 11 is 0. The van der Waals surface area contributed by atoms with Crippen LogP contribution >= 0.6 is 0 Å². The van der Waals surface area contributed by atoms with E-state index in [1.807, 2.05) is 0 Å². The van der Waals surface area contributed by atoms with Gasteiger partial charge in [0.2, 0.25) is 10.0 Å². The van der Waals surface area contributed by atoms with Crippen LogP contribution in [0.2, 0.25) is 0 Å². The summed E-state index contributed by atoms with van der Waals surface area (Å²) in [5, 5.41) is 0. The highest BCUT2D eigenvalue weighted by Gasteiger charge is 2.33. The van der Waals surface area contributed by atoms with Gasteiger partial charge in [-0.2, -0.15) is 0 Å². The molecule has 3 rings (SSSR count). The Hall–Kier alpha value is -2.03. The van der Waals surface area contributed by atoms with Crippen LogP contribution in [0.3, 0.4) is 0 Å². The largest absolute Gasteiger partial charge is 0.311 e. The molecular formula is C18H23FN3O3S+. The summed E-state index contributed by atoms with van der Waals surface area (Å²) in [4.78, 5) is 13.5. The van der Waals surface area contributed by atoms with E-state index >= 15 is 0 Å². The summed E-state index contributed by atoms with van der Waals surface area (Å²) in [5.74, 6) is -0.278. The summed E-state index contributed by atoms with van der Waals surface area (Å²) in [6, 6.07) is 9.40. The number of halogens is 1. The first kappa shape index (κ1) is 18.8. The van der Waals surface area contributed by atoms with E-state index in [9.17, 15) is 17.6 Å². The first-order chi connectivity index (χ1) is 12.3. The zero-order valence-electron chi connectivity index (χ0n) is 14.9. The topological polar surface area (TPSA) is 63.8 Å². The second-order valence-corrected chi connectivity index (χ2v) is 9.01. The van der Waals surface area contributed by atoms with Crippen molar-refractivity contribution in [2.24, 2.45) is 0 Å². The lowest BCUT2D eigenvalue weighted by molar-refractivity contribution is -0.947. The standard InChI is InChI=1S/C18H22FN3O3S/c1-20(2)26(24,25)17-9-10-18(23)22(12-17)13-21(16-7-8-16)11-14-3-5-15(19)6-4-14/h3-6,9-10,12,16H,7-8,11,13H2,1-2H3/p+1. The number of quaternary nitrogens is 1. The second-order valence-electron chi connectivity index (χ2n) is 6.85. The van der Waals surface area contributed by atoms with Gasteiger partial charge in [-0.15, -0.1) is 0 Å². The van der Waals surface area contributed by atoms with Gasteiger partial charge in [0.25, 0.3) is 5.56 Å². The van der Waals surface area contributed by atoms with Crippen molar-refractivity contribution in [3.8, 4) is 0 Å². The van der Waals surface area contributed by atoms with Crippen LogP contribution in [0.25, 0.3) is 0 Å². The molecule has 0 aliphatic heterocycles. The molecule has 1 aliphatic carbocycles. The van der Waals surface area contributed by atoms with Gasteiger partial charge in [0.15, 0.2) is 6.67 Å². The predicted molar refractivity (Wildman–Crippen MR) is 95.7 cm³/mol. The van der Waals surface area contributed by atoms with Crippen LogP contribution in [-0.4, -0.2) is 37.4 Å². The van der Waals surface area contributed by atoms with Gasteiger partial charge in [-0.3, -0.25) is 9.36 Å². The van der Waals surface area contributed by atoms with Crippen molar-refractivity contribution in [3.05, 3.63) is 64.3 Å². The van der Waals surface area contributed by atoms with Gasteiger partial charge in [-0.05, 0) is 18.2 Å². The third-order valence-electron chi connectivity index (χ3n) is 4.61. The van der Waals surface area contributed by atoms with Crippen molar-refractivity contribution in [2.45, 2.75) is 37.0 Å². The van der Waals surface area contributed by atoms with E-state index in [4.69, 9.17) is 0 Å². The number of hydrogen-bond acceptors (Lipinski definition) is 3. The Morgan fingerprint density at radius 2 is 1.81 bits per heavy atom. The molecule has 6 nitrogen and oxygen atoms in total. The molecule has 0 spiro atoms. The van der Waals surface area contributed by atoms with Gasteiger partial charge in [-0.25, -0.2) is 17.1 Å². The Labute approximate surface area is 152 Å². The maximum atomic E-state index is 13.1. The minimum atomic E-state index is -3.60. The minimum Gasteiger partial charge on any atom is -0.311 e. The number of sulfonamides is 1. The molecule has 0 radical (unpaired) electrons. The molecule has 0 saturated heterocycles. The van der Waals surface area contributed by atoms with E-state index in [1.165, 1.54) is 49.1 Å². The first-order valence-electron chi connectivity index (χ1n) is 8.49. The molecule has 1 atom stereocenters. The predicted octanol–water partition coefficient (Wildman–Crippen LogP) is 0.443. The molecule has 1 saturated carbocycles. The minimum absolute atomic E-state index is 0.0963. The summed E-state index contributed by atoms with van der Waals surface area (Å²) < 4.78 is 40.3. The molecule has 26 heavy (non-hydrogen) atoms. The highest BCUT2D eigenvalue weighted by atomic mass is 32.2. The van der Waals surface area contributed by atoms with Crippen molar-refractivity contribution < 1.29 is 17.7 Å². The van der Waals surface area contributed by atoms with Crippen molar-refractivity contribution in [3.63, 3.8) is 0 Å². The lowest BCUT2D eigenvalue weighted by atomic mass is 10.2. The number of nitrogens with zero attached hydrogens (tertiary/aromatic N) is 2. The van der Waals surface area contributed by atoms with Crippen molar-refractivity contribution >= 4 is 10.0 Å². The first-order valence-corrected chi connectivity index (χ1v) is 9.93. The Morgan fingerprint density at radius 3 is 2.38 bits per heavy atom. The molecule has 1 N–H and O–H groups in total. The lowest BCUT2D eigenvalue weighted by Gasteiger charge is -2.21. The number of benzene rings is 1. The van der Waals surface area contributed by atoms with Crippen LogP contribution in [0.1, 0.15) is 18.4 Å². The molecule has 1 aliphatic rings. The monoisotopic (exact) mass is 380 g/mol. The fourth-order valence-corrected chi connectivity index (χ4v) is 3.82. The fourth-order valence-electron chi connectivity index (χ4n) is 2.90. The van der Waals surface area contributed by atoms with Gasteiger partial charge in [-0.1, -0.05) is 12.1 Å².